The molecule has 14 heavy (non-hydrogen) atoms. The van der Waals surface area contributed by atoms with Gasteiger partial charge in [0.25, 0.3) is 0 Å². The normalized spacial score (nSPS) is 10.9. The van der Waals surface area contributed by atoms with E-state index >= 15 is 0 Å². The molecule has 3 heteroatoms. The van der Waals surface area contributed by atoms with Gasteiger partial charge in [0.2, 0.25) is 0 Å². The van der Waals surface area contributed by atoms with Crippen LogP contribution in [0.4, 0.5) is 0 Å². The number of halogens is 2. The first-order chi connectivity index (χ1) is 6.63. The molecule has 0 aromatic heterocycles. The zero-order valence-corrected chi connectivity index (χ0v) is 10.9. The molecule has 0 atom stereocenters. The quantitative estimate of drug-likeness (QED) is 0.805. The van der Waals surface area contributed by atoms with Crippen molar-refractivity contribution in [3.63, 3.8) is 0 Å². The number of rotatable bonds is 4. The first kappa shape index (κ1) is 12.0. The molecule has 1 aromatic rings. The van der Waals surface area contributed by atoms with Gasteiger partial charge in [-0.3, -0.25) is 0 Å². The monoisotopic (exact) mass is 275 g/mol. The van der Waals surface area contributed by atoms with Crippen LogP contribution in [-0.2, 0) is 6.54 Å². The van der Waals surface area contributed by atoms with Crippen LogP contribution in [0.25, 0.3) is 0 Å². The molecular formula is C11H15BrClN. The molecule has 0 bridgehead atoms. The fourth-order valence-electron chi connectivity index (χ4n) is 1.41. The Balaban J connectivity index is 2.63. The van der Waals surface area contributed by atoms with Crippen molar-refractivity contribution in [3.05, 3.63) is 33.3 Å². The van der Waals surface area contributed by atoms with Crippen molar-refractivity contribution < 1.29 is 0 Å². The van der Waals surface area contributed by atoms with Crippen molar-refractivity contribution >= 4 is 27.5 Å². The van der Waals surface area contributed by atoms with E-state index in [-0.39, 0.29) is 0 Å². The third-order valence-corrected chi connectivity index (χ3v) is 3.27. The summed E-state index contributed by atoms with van der Waals surface area (Å²) in [5.74, 6) is 0. The van der Waals surface area contributed by atoms with Gasteiger partial charge in [-0.15, -0.1) is 0 Å². The second-order valence-corrected chi connectivity index (χ2v) is 4.75. The highest BCUT2D eigenvalue weighted by Gasteiger charge is 2.01. The Morgan fingerprint density at radius 3 is 2.71 bits per heavy atom. The lowest BCUT2D eigenvalue weighted by Gasteiger charge is -2.15. The summed E-state index contributed by atoms with van der Waals surface area (Å²) < 4.78 is 0.959. The maximum absolute atomic E-state index is 6.01. The van der Waals surface area contributed by atoms with E-state index in [9.17, 15) is 0 Å². The van der Waals surface area contributed by atoms with E-state index in [0.717, 1.165) is 22.6 Å². The zero-order valence-electron chi connectivity index (χ0n) is 8.56. The molecule has 0 aliphatic carbocycles. The van der Waals surface area contributed by atoms with Crippen molar-refractivity contribution in [2.75, 3.05) is 13.6 Å². The number of hydrogen-bond donors (Lipinski definition) is 0. The highest BCUT2D eigenvalue weighted by molar-refractivity contribution is 9.10. The van der Waals surface area contributed by atoms with Gasteiger partial charge < -0.3 is 4.90 Å². The summed E-state index contributed by atoms with van der Waals surface area (Å²) in [6.45, 7) is 4.26. The van der Waals surface area contributed by atoms with E-state index < -0.39 is 0 Å². The predicted molar refractivity (Wildman–Crippen MR) is 65.8 cm³/mol. The Kier molecular flexibility index (Phi) is 4.93. The fourth-order valence-corrected chi connectivity index (χ4v) is 1.86. The smallest absolute Gasteiger partial charge is 0.0551 e. The lowest BCUT2D eigenvalue weighted by molar-refractivity contribution is 0.327. The molecule has 1 aromatic carbocycles. The summed E-state index contributed by atoms with van der Waals surface area (Å²) in [7, 11) is 2.12. The molecule has 0 saturated carbocycles. The third kappa shape index (κ3) is 3.60. The van der Waals surface area contributed by atoms with E-state index in [1.807, 2.05) is 12.1 Å². The van der Waals surface area contributed by atoms with Crippen molar-refractivity contribution in [1.29, 1.82) is 0 Å². The average Bonchev–Trinajstić information content (AvgIpc) is 2.12. The van der Waals surface area contributed by atoms with Crippen molar-refractivity contribution in [1.82, 2.24) is 4.90 Å². The van der Waals surface area contributed by atoms with Crippen molar-refractivity contribution in [2.24, 2.45) is 0 Å². The minimum absolute atomic E-state index is 0.785. The van der Waals surface area contributed by atoms with Gasteiger partial charge in [-0.25, -0.2) is 0 Å². The SMILES string of the molecule is CCCN(C)Cc1ccc(Br)c(Cl)c1. The minimum atomic E-state index is 0.785. The van der Waals surface area contributed by atoms with Gasteiger partial charge in [-0.1, -0.05) is 24.6 Å². The molecule has 0 saturated heterocycles. The van der Waals surface area contributed by atoms with E-state index in [0.29, 0.717) is 0 Å². The molecule has 0 amide bonds. The standard InChI is InChI=1S/C11H15BrClN/c1-3-6-14(2)8-9-4-5-10(12)11(13)7-9/h4-5,7H,3,6,8H2,1-2H3. The summed E-state index contributed by atoms with van der Waals surface area (Å²) in [4.78, 5) is 2.29. The number of hydrogen-bond acceptors (Lipinski definition) is 1. The lowest BCUT2D eigenvalue weighted by Crippen LogP contribution is -2.18. The molecule has 0 heterocycles. The molecule has 78 valence electrons. The molecule has 1 rings (SSSR count). The molecule has 0 aliphatic heterocycles. The van der Waals surface area contributed by atoms with Crippen molar-refractivity contribution in [3.8, 4) is 0 Å². The molecule has 0 spiro atoms. The van der Waals surface area contributed by atoms with Gasteiger partial charge in [0.15, 0.2) is 0 Å². The van der Waals surface area contributed by atoms with Crippen LogP contribution in [-0.4, -0.2) is 18.5 Å². The Bertz CT molecular complexity index is 301. The maximum Gasteiger partial charge on any atom is 0.0551 e. The van der Waals surface area contributed by atoms with Crippen LogP contribution in [0, 0.1) is 0 Å². The van der Waals surface area contributed by atoms with E-state index in [2.05, 4.69) is 40.9 Å². The van der Waals surface area contributed by atoms with Crippen LogP contribution < -0.4 is 0 Å². The first-order valence-corrected chi connectivity index (χ1v) is 5.93. The van der Waals surface area contributed by atoms with Gasteiger partial charge in [0.05, 0.1) is 5.02 Å². The van der Waals surface area contributed by atoms with E-state index in [1.54, 1.807) is 0 Å². The van der Waals surface area contributed by atoms with Gasteiger partial charge in [-0.2, -0.15) is 0 Å². The number of benzene rings is 1. The maximum atomic E-state index is 6.01. The number of nitrogens with zero attached hydrogens (tertiary/aromatic N) is 1. The highest BCUT2D eigenvalue weighted by Crippen LogP contribution is 2.23. The average molecular weight is 277 g/mol. The summed E-state index contributed by atoms with van der Waals surface area (Å²) in [6.07, 6.45) is 1.18. The van der Waals surface area contributed by atoms with Crippen LogP contribution in [0.1, 0.15) is 18.9 Å². The highest BCUT2D eigenvalue weighted by atomic mass is 79.9. The summed E-state index contributed by atoms with van der Waals surface area (Å²) in [5, 5.41) is 0.785. The van der Waals surface area contributed by atoms with Gasteiger partial charge in [0.1, 0.15) is 0 Å². The summed E-state index contributed by atoms with van der Waals surface area (Å²) in [5.41, 5.74) is 1.26. The Morgan fingerprint density at radius 1 is 1.43 bits per heavy atom. The second-order valence-electron chi connectivity index (χ2n) is 3.49. The molecule has 0 unspecified atom stereocenters. The molecular weight excluding hydrogens is 261 g/mol. The summed E-state index contributed by atoms with van der Waals surface area (Å²) in [6, 6.07) is 6.11. The molecule has 1 nitrogen and oxygen atoms in total. The van der Waals surface area contributed by atoms with Crippen molar-refractivity contribution in [2.45, 2.75) is 19.9 Å². The molecule has 0 fully saturated rings. The topological polar surface area (TPSA) is 3.24 Å². The van der Waals surface area contributed by atoms with Gasteiger partial charge in [0, 0.05) is 11.0 Å². The third-order valence-electron chi connectivity index (χ3n) is 2.04. The lowest BCUT2D eigenvalue weighted by atomic mass is 10.2. The Hall–Kier alpha value is -0.0500. The minimum Gasteiger partial charge on any atom is -0.302 e. The largest absolute Gasteiger partial charge is 0.302 e. The van der Waals surface area contributed by atoms with Gasteiger partial charge in [-0.05, 0) is 53.6 Å². The van der Waals surface area contributed by atoms with E-state index in [1.165, 1.54) is 12.0 Å². The van der Waals surface area contributed by atoms with Crippen LogP contribution in [0.2, 0.25) is 5.02 Å². The van der Waals surface area contributed by atoms with Crippen LogP contribution in [0.3, 0.4) is 0 Å². The molecule has 0 aliphatic rings. The Labute approximate surface area is 99.2 Å². The first-order valence-electron chi connectivity index (χ1n) is 4.76. The zero-order chi connectivity index (χ0) is 10.6. The van der Waals surface area contributed by atoms with Crippen LogP contribution in [0.15, 0.2) is 22.7 Å². The van der Waals surface area contributed by atoms with Crippen LogP contribution >= 0.6 is 27.5 Å². The molecule has 0 radical (unpaired) electrons. The molecule has 0 N–H and O–H groups in total. The second kappa shape index (κ2) is 5.74. The fraction of sp³-hybridized carbons (Fsp3) is 0.455. The Morgan fingerprint density at radius 2 is 2.14 bits per heavy atom. The predicted octanol–water partition coefficient (Wildman–Crippen LogP) is 3.94. The summed E-state index contributed by atoms with van der Waals surface area (Å²) >= 11 is 9.39. The van der Waals surface area contributed by atoms with E-state index in [4.69, 9.17) is 11.6 Å². The van der Waals surface area contributed by atoms with Gasteiger partial charge >= 0.3 is 0 Å². The van der Waals surface area contributed by atoms with Crippen LogP contribution in [0.5, 0.6) is 0 Å².